The molecule has 26 heavy (non-hydrogen) atoms. The zero-order valence-corrected chi connectivity index (χ0v) is 16.5. The molecule has 0 radical (unpaired) electrons. The fourth-order valence-electron chi connectivity index (χ4n) is 2.28. The molecule has 0 aliphatic carbocycles. The molecule has 0 bridgehead atoms. The van der Waals surface area contributed by atoms with Crippen molar-refractivity contribution in [1.29, 1.82) is 0 Å². The molecule has 1 N–H and O–H groups in total. The van der Waals surface area contributed by atoms with Gasteiger partial charge in [0.2, 0.25) is 0 Å². The zero-order valence-electron chi connectivity index (χ0n) is 16.5. The van der Waals surface area contributed by atoms with Crippen molar-refractivity contribution in [3.63, 3.8) is 0 Å². The van der Waals surface area contributed by atoms with E-state index in [1.54, 1.807) is 45.4 Å². The summed E-state index contributed by atoms with van der Waals surface area (Å²) in [5, 5.41) is 9.17. The van der Waals surface area contributed by atoms with Crippen LogP contribution in [0.1, 0.15) is 45.2 Å². The van der Waals surface area contributed by atoms with Crippen LogP contribution in [0.25, 0.3) is 0 Å². The van der Waals surface area contributed by atoms with Crippen LogP contribution in [-0.2, 0) is 4.74 Å². The third-order valence-corrected chi connectivity index (χ3v) is 3.62. The van der Waals surface area contributed by atoms with Crippen LogP contribution in [0.3, 0.4) is 0 Å². The van der Waals surface area contributed by atoms with E-state index in [0.717, 1.165) is 5.56 Å². The summed E-state index contributed by atoms with van der Waals surface area (Å²) in [5.74, 6) is 0.424. The Labute approximate surface area is 155 Å². The molecule has 7 nitrogen and oxygen atoms in total. The SMILES string of the molecule is CN(C)C(=O)Oc1ccc(C(CCCO)N(C)C(=O)OC(C)(C)C)cc1. The maximum Gasteiger partial charge on any atom is 0.414 e. The molecule has 0 heterocycles. The number of amides is 2. The Hall–Kier alpha value is -2.28. The Balaban J connectivity index is 2.94. The van der Waals surface area contributed by atoms with Crippen molar-refractivity contribution in [2.24, 2.45) is 0 Å². The van der Waals surface area contributed by atoms with E-state index in [2.05, 4.69) is 0 Å². The van der Waals surface area contributed by atoms with Crippen molar-refractivity contribution < 1.29 is 24.2 Å². The molecular weight excluding hydrogens is 336 g/mol. The lowest BCUT2D eigenvalue weighted by Crippen LogP contribution is -2.36. The van der Waals surface area contributed by atoms with Crippen LogP contribution in [0, 0.1) is 0 Å². The predicted octanol–water partition coefficient (Wildman–Crippen LogP) is 3.43. The van der Waals surface area contributed by atoms with Crippen LogP contribution < -0.4 is 4.74 Å². The molecule has 0 aromatic heterocycles. The maximum atomic E-state index is 12.4. The summed E-state index contributed by atoms with van der Waals surface area (Å²) in [4.78, 5) is 26.9. The van der Waals surface area contributed by atoms with Crippen LogP contribution in [0.2, 0.25) is 0 Å². The largest absolute Gasteiger partial charge is 0.444 e. The van der Waals surface area contributed by atoms with Gasteiger partial charge in [0.15, 0.2) is 0 Å². The lowest BCUT2D eigenvalue weighted by molar-refractivity contribution is 0.0206. The van der Waals surface area contributed by atoms with Gasteiger partial charge in [0.05, 0.1) is 6.04 Å². The quantitative estimate of drug-likeness (QED) is 0.834. The van der Waals surface area contributed by atoms with Crippen molar-refractivity contribution in [2.45, 2.75) is 45.3 Å². The highest BCUT2D eigenvalue weighted by molar-refractivity contribution is 5.70. The van der Waals surface area contributed by atoms with Gasteiger partial charge in [0.25, 0.3) is 0 Å². The van der Waals surface area contributed by atoms with Gasteiger partial charge in [-0.15, -0.1) is 0 Å². The monoisotopic (exact) mass is 366 g/mol. The van der Waals surface area contributed by atoms with Gasteiger partial charge < -0.3 is 24.4 Å². The Bertz CT molecular complexity index is 593. The Morgan fingerprint density at radius 2 is 1.65 bits per heavy atom. The fourth-order valence-corrected chi connectivity index (χ4v) is 2.28. The van der Waals surface area contributed by atoms with Crippen molar-refractivity contribution in [3.8, 4) is 5.75 Å². The molecule has 0 saturated carbocycles. The van der Waals surface area contributed by atoms with Gasteiger partial charge in [-0.25, -0.2) is 9.59 Å². The lowest BCUT2D eigenvalue weighted by atomic mass is 10.0. The number of hydrogen-bond donors (Lipinski definition) is 1. The molecule has 1 unspecified atom stereocenters. The number of carbonyl (C=O) groups excluding carboxylic acids is 2. The second-order valence-electron chi connectivity index (χ2n) is 7.30. The highest BCUT2D eigenvalue weighted by Gasteiger charge is 2.26. The second-order valence-corrected chi connectivity index (χ2v) is 7.30. The summed E-state index contributed by atoms with van der Waals surface area (Å²) < 4.78 is 10.6. The Morgan fingerprint density at radius 1 is 1.08 bits per heavy atom. The number of hydrogen-bond acceptors (Lipinski definition) is 5. The molecule has 0 spiro atoms. The number of rotatable bonds is 6. The summed E-state index contributed by atoms with van der Waals surface area (Å²) in [5.41, 5.74) is 0.286. The van der Waals surface area contributed by atoms with Crippen LogP contribution >= 0.6 is 0 Å². The lowest BCUT2D eigenvalue weighted by Gasteiger charge is -2.31. The highest BCUT2D eigenvalue weighted by atomic mass is 16.6. The topological polar surface area (TPSA) is 79.3 Å². The van der Waals surface area contributed by atoms with E-state index in [9.17, 15) is 9.59 Å². The summed E-state index contributed by atoms with van der Waals surface area (Å²) in [6.07, 6.45) is 0.252. The van der Waals surface area contributed by atoms with Crippen molar-refractivity contribution >= 4 is 12.2 Å². The Kier molecular flexibility index (Phi) is 7.89. The van der Waals surface area contributed by atoms with E-state index in [-0.39, 0.29) is 12.6 Å². The standard InChI is InChI=1S/C19H30N2O5/c1-19(2,3)26-18(24)21(6)16(8-7-13-22)14-9-11-15(12-10-14)25-17(23)20(4)5/h9-12,16,22H,7-8,13H2,1-6H3. The van der Waals surface area contributed by atoms with Gasteiger partial charge in [-0.2, -0.15) is 0 Å². The number of ether oxygens (including phenoxy) is 2. The van der Waals surface area contributed by atoms with Crippen LogP contribution in [0.5, 0.6) is 5.75 Å². The van der Waals surface area contributed by atoms with E-state index in [4.69, 9.17) is 14.6 Å². The summed E-state index contributed by atoms with van der Waals surface area (Å²) in [7, 11) is 4.89. The van der Waals surface area contributed by atoms with Crippen LogP contribution in [0.15, 0.2) is 24.3 Å². The minimum atomic E-state index is -0.586. The average Bonchev–Trinajstić information content (AvgIpc) is 2.54. The minimum Gasteiger partial charge on any atom is -0.444 e. The van der Waals surface area contributed by atoms with E-state index in [1.165, 1.54) is 9.80 Å². The second kappa shape index (κ2) is 9.43. The number of carbonyl (C=O) groups is 2. The van der Waals surface area contributed by atoms with E-state index in [1.807, 2.05) is 20.8 Å². The molecule has 7 heteroatoms. The first kappa shape index (κ1) is 21.8. The fraction of sp³-hybridized carbons (Fsp3) is 0.579. The van der Waals surface area contributed by atoms with E-state index >= 15 is 0 Å². The summed E-state index contributed by atoms with van der Waals surface area (Å²) >= 11 is 0. The molecule has 1 aromatic carbocycles. The first-order valence-electron chi connectivity index (χ1n) is 8.61. The summed E-state index contributed by atoms with van der Waals surface area (Å²) in [6, 6.07) is 6.73. The zero-order chi connectivity index (χ0) is 19.9. The van der Waals surface area contributed by atoms with Gasteiger partial charge >= 0.3 is 12.2 Å². The highest BCUT2D eigenvalue weighted by Crippen LogP contribution is 2.28. The number of nitrogens with zero attached hydrogens (tertiary/aromatic N) is 2. The van der Waals surface area contributed by atoms with Gasteiger partial charge in [0, 0.05) is 27.7 Å². The van der Waals surface area contributed by atoms with E-state index < -0.39 is 17.8 Å². The first-order valence-corrected chi connectivity index (χ1v) is 8.61. The molecule has 2 amide bonds. The molecule has 1 rings (SSSR count). The van der Waals surface area contributed by atoms with Crippen molar-refractivity contribution in [1.82, 2.24) is 9.80 Å². The van der Waals surface area contributed by atoms with E-state index in [0.29, 0.717) is 18.6 Å². The third kappa shape index (κ3) is 6.92. The molecule has 0 saturated heterocycles. The van der Waals surface area contributed by atoms with Gasteiger partial charge in [-0.1, -0.05) is 12.1 Å². The van der Waals surface area contributed by atoms with Gasteiger partial charge in [-0.3, -0.25) is 0 Å². The number of aliphatic hydroxyl groups is 1. The minimum absolute atomic E-state index is 0.0389. The predicted molar refractivity (Wildman–Crippen MR) is 99.2 cm³/mol. The number of benzene rings is 1. The summed E-state index contributed by atoms with van der Waals surface area (Å²) in [6.45, 7) is 5.48. The average molecular weight is 366 g/mol. The van der Waals surface area contributed by atoms with Crippen LogP contribution in [0.4, 0.5) is 9.59 Å². The van der Waals surface area contributed by atoms with Crippen molar-refractivity contribution in [3.05, 3.63) is 29.8 Å². The molecule has 146 valence electrons. The molecule has 1 aromatic rings. The smallest absolute Gasteiger partial charge is 0.414 e. The first-order chi connectivity index (χ1) is 12.0. The van der Waals surface area contributed by atoms with Crippen molar-refractivity contribution in [2.75, 3.05) is 27.7 Å². The van der Waals surface area contributed by atoms with Gasteiger partial charge in [0.1, 0.15) is 11.4 Å². The third-order valence-electron chi connectivity index (χ3n) is 3.62. The number of aliphatic hydroxyl groups excluding tert-OH is 1. The molecule has 0 aliphatic heterocycles. The Morgan fingerprint density at radius 3 is 2.12 bits per heavy atom. The molecular formula is C19H30N2O5. The van der Waals surface area contributed by atoms with Gasteiger partial charge in [-0.05, 0) is 51.3 Å². The maximum absolute atomic E-state index is 12.4. The molecule has 1 atom stereocenters. The molecule has 0 fully saturated rings. The molecule has 0 aliphatic rings. The normalized spacial score (nSPS) is 12.3. The van der Waals surface area contributed by atoms with Crippen LogP contribution in [-0.4, -0.2) is 60.4 Å².